The molecule has 0 unspecified atom stereocenters. The number of nitrogens with two attached hydrogens (primary N) is 1. The summed E-state index contributed by atoms with van der Waals surface area (Å²) in [6.07, 6.45) is 0. The van der Waals surface area contributed by atoms with E-state index in [1.807, 2.05) is 0 Å². The normalized spacial score (nSPS) is 11.9. The van der Waals surface area contributed by atoms with Gasteiger partial charge in [-0.1, -0.05) is 40.7 Å². The fourth-order valence-corrected chi connectivity index (χ4v) is 2.48. The second-order valence-electron chi connectivity index (χ2n) is 5.84. The molecule has 2 heterocycles. The molecule has 160 valence electrons. The van der Waals surface area contributed by atoms with Gasteiger partial charge in [0, 0.05) is 5.56 Å². The van der Waals surface area contributed by atoms with Crippen LogP contribution in [0.5, 0.6) is 0 Å². The summed E-state index contributed by atoms with van der Waals surface area (Å²) in [6, 6.07) is 8.75. The van der Waals surface area contributed by atoms with Crippen molar-refractivity contribution in [2.45, 2.75) is 13.8 Å². The van der Waals surface area contributed by atoms with Crippen molar-refractivity contribution in [3.63, 3.8) is 0 Å². The Morgan fingerprint density at radius 1 is 1.29 bits per heavy atom. The SMILES string of the molecule is CCOC(=O)C(=N\O)/C(C)=N/NC(=O)c1nnn(-c2nonc2N)c1-c1ccccc1. The number of hydrazone groups is 1. The lowest BCUT2D eigenvalue weighted by atomic mass is 10.1. The molecule has 1 aromatic carbocycles. The summed E-state index contributed by atoms with van der Waals surface area (Å²) < 4.78 is 10.6. The molecule has 0 aliphatic heterocycles. The molecule has 14 heteroatoms. The minimum absolute atomic E-state index is 0.0436. The molecule has 0 fully saturated rings. The number of hydrogen-bond acceptors (Lipinski definition) is 12. The summed E-state index contributed by atoms with van der Waals surface area (Å²) in [5.41, 5.74) is 8.13. The fourth-order valence-electron chi connectivity index (χ4n) is 2.48. The first-order valence-corrected chi connectivity index (χ1v) is 8.81. The number of rotatable bonds is 7. The van der Waals surface area contributed by atoms with Crippen LogP contribution in [0.25, 0.3) is 17.1 Å². The van der Waals surface area contributed by atoms with Crippen molar-refractivity contribution >= 4 is 29.1 Å². The summed E-state index contributed by atoms with van der Waals surface area (Å²) in [7, 11) is 0. The van der Waals surface area contributed by atoms with E-state index in [2.05, 4.69) is 40.9 Å². The van der Waals surface area contributed by atoms with E-state index >= 15 is 0 Å². The minimum Gasteiger partial charge on any atom is -0.461 e. The van der Waals surface area contributed by atoms with E-state index in [0.717, 1.165) is 0 Å². The van der Waals surface area contributed by atoms with E-state index < -0.39 is 17.6 Å². The van der Waals surface area contributed by atoms with Crippen molar-refractivity contribution in [3.8, 4) is 17.1 Å². The first-order valence-electron chi connectivity index (χ1n) is 8.81. The van der Waals surface area contributed by atoms with E-state index in [9.17, 15) is 9.59 Å². The maximum absolute atomic E-state index is 12.8. The molecule has 0 aliphatic carbocycles. The number of carbonyl (C=O) groups excluding carboxylic acids is 2. The number of oxime groups is 1. The van der Waals surface area contributed by atoms with Gasteiger partial charge >= 0.3 is 5.97 Å². The van der Waals surface area contributed by atoms with Gasteiger partial charge in [0.1, 0.15) is 5.69 Å². The van der Waals surface area contributed by atoms with E-state index in [1.165, 1.54) is 11.6 Å². The number of hydrogen-bond donors (Lipinski definition) is 3. The number of nitrogens with zero attached hydrogens (tertiary/aromatic N) is 7. The summed E-state index contributed by atoms with van der Waals surface area (Å²) in [6.45, 7) is 3.01. The van der Waals surface area contributed by atoms with Gasteiger partial charge in [0.15, 0.2) is 5.69 Å². The predicted octanol–water partition coefficient (Wildman–Crippen LogP) is 0.399. The van der Waals surface area contributed by atoms with Crippen LogP contribution in [0.15, 0.2) is 45.2 Å². The number of nitrogen functional groups attached to an aromatic ring is 1. The first-order chi connectivity index (χ1) is 15.0. The maximum atomic E-state index is 12.8. The second kappa shape index (κ2) is 9.25. The zero-order valence-corrected chi connectivity index (χ0v) is 16.4. The van der Waals surface area contributed by atoms with Gasteiger partial charge in [0.05, 0.1) is 12.3 Å². The van der Waals surface area contributed by atoms with Crippen LogP contribution in [-0.4, -0.2) is 60.4 Å². The van der Waals surface area contributed by atoms with E-state index in [0.29, 0.717) is 5.56 Å². The number of carbonyl (C=O) groups is 2. The van der Waals surface area contributed by atoms with E-state index in [-0.39, 0.29) is 35.3 Å². The molecular weight excluding hydrogens is 410 g/mol. The van der Waals surface area contributed by atoms with Gasteiger partial charge < -0.3 is 15.7 Å². The second-order valence-corrected chi connectivity index (χ2v) is 5.84. The Hall–Kier alpha value is -4.62. The van der Waals surface area contributed by atoms with Crippen LogP contribution in [0.1, 0.15) is 24.3 Å². The maximum Gasteiger partial charge on any atom is 0.362 e. The Kier molecular flexibility index (Phi) is 6.30. The zero-order chi connectivity index (χ0) is 22.4. The number of anilines is 1. The molecule has 0 atom stereocenters. The Labute approximate surface area is 174 Å². The molecule has 2 aromatic heterocycles. The third-order valence-corrected chi connectivity index (χ3v) is 3.87. The molecule has 0 spiro atoms. The first kappa shape index (κ1) is 21.1. The van der Waals surface area contributed by atoms with Gasteiger partial charge in [-0.25, -0.2) is 14.8 Å². The highest BCUT2D eigenvalue weighted by molar-refractivity contribution is 6.65. The number of nitrogens with one attached hydrogen (secondary N) is 1. The van der Waals surface area contributed by atoms with Crippen molar-refractivity contribution in [2.24, 2.45) is 10.3 Å². The molecule has 4 N–H and O–H groups in total. The third-order valence-electron chi connectivity index (χ3n) is 3.87. The Morgan fingerprint density at radius 3 is 2.65 bits per heavy atom. The van der Waals surface area contributed by atoms with E-state index in [4.69, 9.17) is 15.7 Å². The summed E-state index contributed by atoms with van der Waals surface area (Å²) in [5, 5.41) is 30.7. The number of benzene rings is 1. The van der Waals surface area contributed by atoms with Crippen molar-refractivity contribution in [1.29, 1.82) is 0 Å². The van der Waals surface area contributed by atoms with Crippen molar-refractivity contribution < 1.29 is 24.2 Å². The lowest BCUT2D eigenvalue weighted by Crippen LogP contribution is -2.28. The van der Waals surface area contributed by atoms with Crippen molar-refractivity contribution in [2.75, 3.05) is 12.3 Å². The Bertz CT molecular complexity index is 1150. The average molecular weight is 427 g/mol. The van der Waals surface area contributed by atoms with Gasteiger partial charge in [0.2, 0.25) is 17.3 Å². The summed E-state index contributed by atoms with van der Waals surface area (Å²) in [5.74, 6) is -1.67. The number of esters is 1. The van der Waals surface area contributed by atoms with Crippen LogP contribution in [-0.2, 0) is 9.53 Å². The monoisotopic (exact) mass is 427 g/mol. The smallest absolute Gasteiger partial charge is 0.362 e. The number of aromatic nitrogens is 5. The van der Waals surface area contributed by atoms with Crippen molar-refractivity contribution in [3.05, 3.63) is 36.0 Å². The van der Waals surface area contributed by atoms with Gasteiger partial charge in [-0.05, 0) is 24.2 Å². The standard InChI is InChI=1S/C17H17N9O5/c1-3-30-17(28)11(22-29)9(2)19-21-16(27)12-13(10-7-5-4-6-8-10)26(25-20-12)15-14(18)23-31-24-15/h4-8,29H,3H2,1-2H3,(H2,18,23)(H,21,27)/b19-9+,22-11-. The van der Waals surface area contributed by atoms with Crippen LogP contribution in [0, 0.1) is 0 Å². The molecule has 1 amide bonds. The predicted molar refractivity (Wildman–Crippen MR) is 105 cm³/mol. The molecular formula is C17H17N9O5. The molecule has 31 heavy (non-hydrogen) atoms. The quantitative estimate of drug-likeness (QED) is 0.205. The molecule has 14 nitrogen and oxygen atoms in total. The summed E-state index contributed by atoms with van der Waals surface area (Å²) in [4.78, 5) is 24.5. The molecule has 0 saturated heterocycles. The number of ether oxygens (including phenoxy) is 1. The van der Waals surface area contributed by atoms with E-state index in [1.54, 1.807) is 37.3 Å². The average Bonchev–Trinajstić information content (AvgIpc) is 3.39. The highest BCUT2D eigenvalue weighted by Crippen LogP contribution is 2.26. The lowest BCUT2D eigenvalue weighted by molar-refractivity contribution is -0.134. The highest BCUT2D eigenvalue weighted by atomic mass is 16.6. The zero-order valence-electron chi connectivity index (χ0n) is 16.4. The molecule has 3 rings (SSSR count). The lowest BCUT2D eigenvalue weighted by Gasteiger charge is -2.06. The van der Waals surface area contributed by atoms with Crippen LogP contribution < -0.4 is 11.2 Å². The molecule has 0 saturated carbocycles. The Balaban J connectivity index is 1.96. The van der Waals surface area contributed by atoms with Crippen molar-refractivity contribution in [1.82, 2.24) is 30.7 Å². The number of amides is 1. The summed E-state index contributed by atoms with van der Waals surface area (Å²) >= 11 is 0. The minimum atomic E-state index is -0.898. The molecule has 0 radical (unpaired) electrons. The van der Waals surface area contributed by atoms with Crippen LogP contribution in [0.4, 0.5) is 5.82 Å². The Morgan fingerprint density at radius 2 is 2.03 bits per heavy atom. The van der Waals surface area contributed by atoms with Gasteiger partial charge in [0.25, 0.3) is 5.91 Å². The molecule has 0 aliphatic rings. The van der Waals surface area contributed by atoms with Gasteiger partial charge in [-0.3, -0.25) is 4.79 Å². The van der Waals surface area contributed by atoms with Crippen LogP contribution in [0.3, 0.4) is 0 Å². The topological polar surface area (TPSA) is 196 Å². The molecule has 0 bridgehead atoms. The van der Waals surface area contributed by atoms with Gasteiger partial charge in [-0.2, -0.15) is 9.78 Å². The molecule has 3 aromatic rings. The van der Waals surface area contributed by atoms with Crippen LogP contribution in [0.2, 0.25) is 0 Å². The fraction of sp³-hybridized carbons (Fsp3) is 0.176. The van der Waals surface area contributed by atoms with Crippen LogP contribution >= 0.6 is 0 Å². The highest BCUT2D eigenvalue weighted by Gasteiger charge is 2.25. The largest absolute Gasteiger partial charge is 0.461 e. The van der Waals surface area contributed by atoms with Gasteiger partial charge in [-0.15, -0.1) is 5.10 Å². The third kappa shape index (κ3) is 4.36.